The number of rotatable bonds is 5. The second kappa shape index (κ2) is 7.99. The number of benzene rings is 2. The van der Waals surface area contributed by atoms with Crippen LogP contribution in [0.25, 0.3) is 10.8 Å². The van der Waals surface area contributed by atoms with Crippen LogP contribution in [0.1, 0.15) is 30.0 Å². The monoisotopic (exact) mass is 452 g/mol. The van der Waals surface area contributed by atoms with Crippen molar-refractivity contribution in [3.8, 4) is 5.75 Å². The Kier molecular flexibility index (Phi) is 5.11. The number of fused-ring (bicyclic) bond motifs is 1. The maximum absolute atomic E-state index is 14.6. The van der Waals surface area contributed by atoms with Crippen molar-refractivity contribution >= 4 is 22.7 Å². The predicted molar refractivity (Wildman–Crippen MR) is 117 cm³/mol. The third-order valence-corrected chi connectivity index (χ3v) is 6.35. The first kappa shape index (κ1) is 21.1. The van der Waals surface area contributed by atoms with Crippen molar-refractivity contribution < 1.29 is 23.1 Å². The van der Waals surface area contributed by atoms with Crippen LogP contribution in [-0.2, 0) is 10.3 Å². The van der Waals surface area contributed by atoms with Gasteiger partial charge in [-0.3, -0.25) is 9.78 Å². The zero-order chi connectivity index (χ0) is 23.2. The third-order valence-electron chi connectivity index (χ3n) is 6.35. The Hall–Kier alpha value is -3.75. The maximum atomic E-state index is 14.6. The zero-order valence-electron chi connectivity index (χ0n) is 17.8. The van der Waals surface area contributed by atoms with Gasteiger partial charge >= 0.3 is 6.03 Å². The van der Waals surface area contributed by atoms with Gasteiger partial charge in [-0.2, -0.15) is 0 Å². The zero-order valence-corrected chi connectivity index (χ0v) is 17.8. The number of hydrogen-bond acceptors (Lipinski definition) is 4. The number of urea groups is 1. The van der Waals surface area contributed by atoms with Gasteiger partial charge in [-0.1, -0.05) is 24.3 Å². The summed E-state index contributed by atoms with van der Waals surface area (Å²) in [7, 11) is 1.31. The summed E-state index contributed by atoms with van der Waals surface area (Å²) in [6.45, 7) is 0.00131. The van der Waals surface area contributed by atoms with Crippen LogP contribution in [0.15, 0.2) is 48.7 Å². The van der Waals surface area contributed by atoms with Gasteiger partial charge in [0, 0.05) is 41.7 Å². The molecule has 9 heteroatoms. The van der Waals surface area contributed by atoms with E-state index in [1.807, 2.05) is 30.3 Å². The van der Waals surface area contributed by atoms with E-state index in [2.05, 4.69) is 20.9 Å². The van der Waals surface area contributed by atoms with Crippen LogP contribution in [0.5, 0.6) is 5.75 Å². The van der Waals surface area contributed by atoms with Crippen LogP contribution in [0.2, 0.25) is 0 Å². The fourth-order valence-electron chi connectivity index (χ4n) is 4.40. The summed E-state index contributed by atoms with van der Waals surface area (Å²) in [5.41, 5.74) is -0.164. The van der Waals surface area contributed by atoms with Crippen LogP contribution in [0.4, 0.5) is 13.6 Å². The van der Waals surface area contributed by atoms with Gasteiger partial charge in [0.1, 0.15) is 23.4 Å². The van der Waals surface area contributed by atoms with Gasteiger partial charge in [-0.25, -0.2) is 13.6 Å². The highest BCUT2D eigenvalue weighted by atomic mass is 19.1. The molecule has 0 bridgehead atoms. The Labute approximate surface area is 188 Å². The average Bonchev–Trinajstić information content (AvgIpc) is 3.51. The standard InChI is InChI=1S/C24H22F2N4O3/c1-33-15-9-17(25)20(18(26)10-15)16-12-28-22(31)21(16)29-23(32)30-24(6-7-24)19-8-13-4-2-3-5-14(13)11-27-19/h2-5,8-11,16,21H,6-7,12H2,1H3,(H,28,31)(H2,29,30,32)/t16-,21-/m0/s1. The number of nitrogens with one attached hydrogen (secondary N) is 3. The van der Waals surface area contributed by atoms with E-state index in [-0.39, 0.29) is 17.9 Å². The molecule has 2 fully saturated rings. The first-order chi connectivity index (χ1) is 15.9. The van der Waals surface area contributed by atoms with E-state index in [1.54, 1.807) is 6.20 Å². The minimum Gasteiger partial charge on any atom is -0.497 e. The molecule has 5 rings (SSSR count). The molecule has 0 unspecified atom stereocenters. The molecule has 1 aliphatic carbocycles. The lowest BCUT2D eigenvalue weighted by molar-refractivity contribution is -0.120. The number of methoxy groups -OCH3 is 1. The summed E-state index contributed by atoms with van der Waals surface area (Å²) in [4.78, 5) is 29.8. The molecule has 0 radical (unpaired) electrons. The van der Waals surface area contributed by atoms with E-state index in [0.29, 0.717) is 12.8 Å². The van der Waals surface area contributed by atoms with Crippen LogP contribution >= 0.6 is 0 Å². The van der Waals surface area contributed by atoms with Crippen molar-refractivity contribution in [3.05, 3.63) is 71.6 Å². The molecule has 2 atom stereocenters. The molecule has 2 heterocycles. The molecule has 3 amide bonds. The first-order valence-electron chi connectivity index (χ1n) is 10.6. The minimum absolute atomic E-state index is 0.00131. The van der Waals surface area contributed by atoms with Crippen molar-refractivity contribution in [1.82, 2.24) is 20.9 Å². The van der Waals surface area contributed by atoms with Gasteiger partial charge in [-0.05, 0) is 24.3 Å². The molecule has 3 aromatic rings. The normalized spacial score (nSPS) is 20.9. The highest BCUT2D eigenvalue weighted by Gasteiger charge is 2.48. The second-order valence-electron chi connectivity index (χ2n) is 8.43. The Bertz CT molecular complexity index is 1240. The molecule has 170 valence electrons. The van der Waals surface area contributed by atoms with Gasteiger partial charge in [-0.15, -0.1) is 0 Å². The highest BCUT2D eigenvalue weighted by Crippen LogP contribution is 2.45. The highest BCUT2D eigenvalue weighted by molar-refractivity contribution is 5.90. The van der Waals surface area contributed by atoms with Crippen molar-refractivity contribution in [2.75, 3.05) is 13.7 Å². The lowest BCUT2D eigenvalue weighted by Gasteiger charge is -2.23. The number of halogens is 2. The Morgan fingerprint density at radius 2 is 1.85 bits per heavy atom. The van der Waals surface area contributed by atoms with E-state index < -0.39 is 41.1 Å². The largest absolute Gasteiger partial charge is 0.497 e. The van der Waals surface area contributed by atoms with E-state index in [0.717, 1.165) is 28.6 Å². The molecular weight excluding hydrogens is 430 g/mol. The molecule has 1 saturated heterocycles. The van der Waals surface area contributed by atoms with Crippen LogP contribution in [0.3, 0.4) is 0 Å². The fraction of sp³-hybridized carbons (Fsp3) is 0.292. The quantitative estimate of drug-likeness (QED) is 0.555. The maximum Gasteiger partial charge on any atom is 0.316 e. The van der Waals surface area contributed by atoms with E-state index >= 15 is 0 Å². The van der Waals surface area contributed by atoms with Gasteiger partial charge in [0.25, 0.3) is 0 Å². The Balaban J connectivity index is 1.35. The lowest BCUT2D eigenvalue weighted by Crippen LogP contribution is -2.50. The molecule has 1 saturated carbocycles. The van der Waals surface area contributed by atoms with Gasteiger partial charge in [0.05, 0.1) is 18.3 Å². The van der Waals surface area contributed by atoms with E-state index in [4.69, 9.17) is 4.74 Å². The smallest absolute Gasteiger partial charge is 0.316 e. The molecule has 1 aliphatic heterocycles. The topological polar surface area (TPSA) is 92.4 Å². The molecule has 33 heavy (non-hydrogen) atoms. The predicted octanol–water partition coefficient (Wildman–Crippen LogP) is 3.09. The summed E-state index contributed by atoms with van der Waals surface area (Å²) < 4.78 is 34.1. The van der Waals surface area contributed by atoms with Crippen LogP contribution in [0, 0.1) is 11.6 Å². The fourth-order valence-corrected chi connectivity index (χ4v) is 4.40. The summed E-state index contributed by atoms with van der Waals surface area (Å²) >= 11 is 0. The number of pyridine rings is 1. The Morgan fingerprint density at radius 3 is 2.52 bits per heavy atom. The molecule has 7 nitrogen and oxygen atoms in total. The van der Waals surface area contributed by atoms with Crippen LogP contribution in [-0.4, -0.2) is 36.6 Å². The number of amides is 3. The van der Waals surface area contributed by atoms with Crippen molar-refractivity contribution in [3.63, 3.8) is 0 Å². The lowest BCUT2D eigenvalue weighted by atomic mass is 9.93. The van der Waals surface area contributed by atoms with Crippen molar-refractivity contribution in [1.29, 1.82) is 0 Å². The van der Waals surface area contributed by atoms with Gasteiger partial charge < -0.3 is 20.7 Å². The summed E-state index contributed by atoms with van der Waals surface area (Å²) in [5, 5.41) is 10.1. The SMILES string of the molecule is COc1cc(F)c([C@@H]2CNC(=O)[C@H]2NC(=O)NC2(c3cc4ccccc4cn3)CC2)c(F)c1. The number of carbonyl (C=O) groups is 2. The molecule has 0 spiro atoms. The molecule has 1 aromatic heterocycles. The number of carbonyl (C=O) groups excluding carboxylic acids is 2. The number of aromatic nitrogens is 1. The van der Waals surface area contributed by atoms with Crippen LogP contribution < -0.4 is 20.7 Å². The molecule has 3 N–H and O–H groups in total. The number of ether oxygens (including phenoxy) is 1. The van der Waals surface area contributed by atoms with Gasteiger partial charge in [0.2, 0.25) is 5.91 Å². The second-order valence-corrected chi connectivity index (χ2v) is 8.43. The number of nitrogens with zero attached hydrogens (tertiary/aromatic N) is 1. The summed E-state index contributed by atoms with van der Waals surface area (Å²) in [6, 6.07) is 10.1. The van der Waals surface area contributed by atoms with Crippen molar-refractivity contribution in [2.45, 2.75) is 30.3 Å². The molecule has 2 aromatic carbocycles. The van der Waals surface area contributed by atoms with Gasteiger partial charge in [0.15, 0.2) is 0 Å². The van der Waals surface area contributed by atoms with Crippen molar-refractivity contribution in [2.24, 2.45) is 0 Å². The third kappa shape index (κ3) is 3.83. The average molecular weight is 452 g/mol. The molecular formula is C24H22F2N4O3. The summed E-state index contributed by atoms with van der Waals surface area (Å²) in [6.07, 6.45) is 3.17. The number of hydrogen-bond donors (Lipinski definition) is 3. The minimum atomic E-state index is -1.12. The summed E-state index contributed by atoms with van der Waals surface area (Å²) in [5.74, 6) is -3.03. The van der Waals surface area contributed by atoms with E-state index in [9.17, 15) is 18.4 Å². The first-order valence-corrected chi connectivity index (χ1v) is 10.6. The Morgan fingerprint density at radius 1 is 1.15 bits per heavy atom. The van der Waals surface area contributed by atoms with E-state index in [1.165, 1.54) is 7.11 Å². The molecule has 2 aliphatic rings.